The van der Waals surface area contributed by atoms with Crippen LogP contribution in [0.5, 0.6) is 0 Å². The summed E-state index contributed by atoms with van der Waals surface area (Å²) in [6.07, 6.45) is -0.203. The summed E-state index contributed by atoms with van der Waals surface area (Å²) in [5, 5.41) is 6.54. The third-order valence-corrected chi connectivity index (χ3v) is 4.46. The zero-order valence-corrected chi connectivity index (χ0v) is 13.2. The zero-order chi connectivity index (χ0) is 16.5. The smallest absolute Gasteiger partial charge is 0.357 e. The van der Waals surface area contributed by atoms with Crippen molar-refractivity contribution in [3.8, 4) is 0 Å². The minimum Gasteiger partial charge on any atom is -0.357 e. The van der Waals surface area contributed by atoms with Crippen molar-refractivity contribution in [2.24, 2.45) is 4.99 Å². The quantitative estimate of drug-likeness (QED) is 0.642. The highest BCUT2D eigenvalue weighted by Gasteiger charge is 2.45. The standard InChI is InChI=1S/C17H22F3N3/c1-2-21-15(23-14-6-7-14)22-11-16(8-9-16)12-4-3-5-13(10-12)17(18,19)20/h3-5,10,14H,2,6-9,11H2,1H3,(H2,21,22,23). The monoisotopic (exact) mass is 325 g/mol. The fourth-order valence-electron chi connectivity index (χ4n) is 2.69. The van der Waals surface area contributed by atoms with Crippen LogP contribution in [0.2, 0.25) is 0 Å². The number of rotatable bonds is 5. The first-order chi connectivity index (χ1) is 10.9. The minimum absolute atomic E-state index is 0.229. The molecular formula is C17H22F3N3. The van der Waals surface area contributed by atoms with Gasteiger partial charge in [-0.05, 0) is 44.2 Å². The number of aliphatic imine (C=N–C) groups is 1. The lowest BCUT2D eigenvalue weighted by Crippen LogP contribution is -2.39. The molecule has 3 rings (SSSR count). The lowest BCUT2D eigenvalue weighted by molar-refractivity contribution is -0.137. The van der Waals surface area contributed by atoms with E-state index in [4.69, 9.17) is 0 Å². The Hall–Kier alpha value is -1.72. The van der Waals surface area contributed by atoms with E-state index in [0.717, 1.165) is 49.8 Å². The van der Waals surface area contributed by atoms with Gasteiger partial charge in [-0.1, -0.05) is 18.2 Å². The van der Waals surface area contributed by atoms with E-state index in [2.05, 4.69) is 15.6 Å². The van der Waals surface area contributed by atoms with E-state index in [-0.39, 0.29) is 5.41 Å². The molecular weight excluding hydrogens is 303 g/mol. The van der Waals surface area contributed by atoms with E-state index in [9.17, 15) is 13.2 Å². The lowest BCUT2D eigenvalue weighted by Gasteiger charge is -2.17. The number of hydrogen-bond acceptors (Lipinski definition) is 1. The Bertz CT molecular complexity index is 587. The summed E-state index contributed by atoms with van der Waals surface area (Å²) in [5.74, 6) is 0.772. The molecule has 0 radical (unpaired) electrons. The summed E-state index contributed by atoms with van der Waals surface area (Å²) in [6, 6.07) is 6.19. The van der Waals surface area contributed by atoms with Crippen LogP contribution in [0.3, 0.4) is 0 Å². The number of alkyl halides is 3. The van der Waals surface area contributed by atoms with Gasteiger partial charge in [0.25, 0.3) is 0 Å². The molecule has 2 aliphatic rings. The van der Waals surface area contributed by atoms with Gasteiger partial charge in [-0.2, -0.15) is 13.2 Å². The molecule has 2 aliphatic carbocycles. The van der Waals surface area contributed by atoms with Crippen molar-refractivity contribution in [1.29, 1.82) is 0 Å². The molecule has 0 aliphatic heterocycles. The Balaban J connectivity index is 1.74. The Kier molecular flexibility index (Phi) is 4.25. The first-order valence-electron chi connectivity index (χ1n) is 8.15. The highest BCUT2D eigenvalue weighted by molar-refractivity contribution is 5.80. The van der Waals surface area contributed by atoms with Crippen LogP contribution in [0.1, 0.15) is 43.7 Å². The Morgan fingerprint density at radius 1 is 1.30 bits per heavy atom. The molecule has 2 fully saturated rings. The molecule has 3 nitrogen and oxygen atoms in total. The van der Waals surface area contributed by atoms with E-state index >= 15 is 0 Å². The van der Waals surface area contributed by atoms with E-state index in [1.807, 2.05) is 6.92 Å². The van der Waals surface area contributed by atoms with Gasteiger partial charge in [0.1, 0.15) is 0 Å². The summed E-state index contributed by atoms with van der Waals surface area (Å²) in [5.41, 5.74) is -0.0562. The van der Waals surface area contributed by atoms with Crippen LogP contribution in [0.15, 0.2) is 29.3 Å². The topological polar surface area (TPSA) is 36.4 Å². The van der Waals surface area contributed by atoms with Crippen LogP contribution in [0.25, 0.3) is 0 Å². The predicted octanol–water partition coefficient (Wildman–Crippen LogP) is 3.45. The molecule has 0 atom stereocenters. The zero-order valence-electron chi connectivity index (χ0n) is 13.2. The summed E-state index contributed by atoms with van der Waals surface area (Å²) < 4.78 is 38.7. The average Bonchev–Trinajstić information content (AvgIpc) is 3.40. The van der Waals surface area contributed by atoms with Crippen LogP contribution in [-0.2, 0) is 11.6 Å². The summed E-state index contributed by atoms with van der Waals surface area (Å²) in [6.45, 7) is 3.30. The molecule has 2 saturated carbocycles. The fraction of sp³-hybridized carbons (Fsp3) is 0.588. The van der Waals surface area contributed by atoms with E-state index in [1.165, 1.54) is 12.1 Å². The maximum Gasteiger partial charge on any atom is 0.416 e. The summed E-state index contributed by atoms with van der Waals surface area (Å²) >= 11 is 0. The third-order valence-electron chi connectivity index (χ3n) is 4.46. The first kappa shape index (κ1) is 16.1. The van der Waals surface area contributed by atoms with Crippen molar-refractivity contribution in [3.05, 3.63) is 35.4 Å². The molecule has 0 amide bonds. The second-order valence-electron chi connectivity index (χ2n) is 6.47. The van der Waals surface area contributed by atoms with Gasteiger partial charge in [0, 0.05) is 18.0 Å². The molecule has 0 unspecified atom stereocenters. The van der Waals surface area contributed by atoms with Crippen LogP contribution >= 0.6 is 0 Å². The lowest BCUT2D eigenvalue weighted by atomic mass is 9.94. The second-order valence-corrected chi connectivity index (χ2v) is 6.47. The van der Waals surface area contributed by atoms with E-state index in [1.54, 1.807) is 6.07 Å². The minimum atomic E-state index is -4.29. The predicted molar refractivity (Wildman–Crippen MR) is 84.5 cm³/mol. The maximum absolute atomic E-state index is 12.9. The molecule has 2 N–H and O–H groups in total. The molecule has 6 heteroatoms. The van der Waals surface area contributed by atoms with Crippen LogP contribution in [0.4, 0.5) is 13.2 Å². The normalized spacial score (nSPS) is 20.3. The van der Waals surface area contributed by atoms with Crippen LogP contribution in [-0.4, -0.2) is 25.1 Å². The number of halogens is 3. The molecule has 0 aromatic heterocycles. The van der Waals surface area contributed by atoms with Crippen molar-refractivity contribution in [1.82, 2.24) is 10.6 Å². The van der Waals surface area contributed by atoms with Crippen molar-refractivity contribution in [2.45, 2.75) is 50.2 Å². The van der Waals surface area contributed by atoms with Gasteiger partial charge < -0.3 is 10.6 Å². The number of nitrogens with one attached hydrogen (secondary N) is 2. The number of nitrogens with zero attached hydrogens (tertiary/aromatic N) is 1. The summed E-state index contributed by atoms with van der Waals surface area (Å²) in [7, 11) is 0. The highest BCUT2D eigenvalue weighted by Crippen LogP contribution is 2.49. The third kappa shape index (κ3) is 3.98. The van der Waals surface area contributed by atoms with Crippen molar-refractivity contribution < 1.29 is 13.2 Å². The van der Waals surface area contributed by atoms with Gasteiger partial charge in [0.2, 0.25) is 0 Å². The molecule has 0 spiro atoms. The average molecular weight is 325 g/mol. The number of guanidine groups is 1. The van der Waals surface area contributed by atoms with Gasteiger partial charge >= 0.3 is 6.18 Å². The Labute approximate surface area is 134 Å². The molecule has 23 heavy (non-hydrogen) atoms. The van der Waals surface area contributed by atoms with Gasteiger partial charge in [-0.3, -0.25) is 4.99 Å². The molecule has 0 heterocycles. The van der Waals surface area contributed by atoms with Gasteiger partial charge in [0.05, 0.1) is 12.1 Å². The highest BCUT2D eigenvalue weighted by atomic mass is 19.4. The second kappa shape index (κ2) is 6.06. The van der Waals surface area contributed by atoms with Gasteiger partial charge in [-0.25, -0.2) is 0 Å². The largest absolute Gasteiger partial charge is 0.416 e. The first-order valence-corrected chi connectivity index (χ1v) is 8.15. The summed E-state index contributed by atoms with van der Waals surface area (Å²) in [4.78, 5) is 4.61. The SMILES string of the molecule is CCNC(=NCC1(c2cccc(C(F)(F)F)c2)CC1)NC1CC1. The molecule has 126 valence electrons. The van der Waals surface area contributed by atoms with E-state index < -0.39 is 11.7 Å². The van der Waals surface area contributed by atoms with Crippen LogP contribution < -0.4 is 10.6 Å². The Morgan fingerprint density at radius 3 is 2.61 bits per heavy atom. The molecule has 0 saturated heterocycles. The molecule has 0 bridgehead atoms. The molecule has 1 aromatic carbocycles. The van der Waals surface area contributed by atoms with Gasteiger partial charge in [-0.15, -0.1) is 0 Å². The Morgan fingerprint density at radius 2 is 2.04 bits per heavy atom. The van der Waals surface area contributed by atoms with Crippen molar-refractivity contribution in [3.63, 3.8) is 0 Å². The number of hydrogen-bond donors (Lipinski definition) is 2. The molecule has 1 aromatic rings. The van der Waals surface area contributed by atoms with Crippen molar-refractivity contribution in [2.75, 3.05) is 13.1 Å². The fourth-order valence-corrected chi connectivity index (χ4v) is 2.69. The van der Waals surface area contributed by atoms with Crippen LogP contribution in [0, 0.1) is 0 Å². The maximum atomic E-state index is 12.9. The van der Waals surface area contributed by atoms with E-state index in [0.29, 0.717) is 12.6 Å². The van der Waals surface area contributed by atoms with Gasteiger partial charge in [0.15, 0.2) is 5.96 Å². The number of benzene rings is 1. The van der Waals surface area contributed by atoms with Crippen molar-refractivity contribution >= 4 is 5.96 Å².